The highest BCUT2D eigenvalue weighted by atomic mass is 19.4. The number of halogens is 5. The van der Waals surface area contributed by atoms with Crippen molar-refractivity contribution in [2.45, 2.75) is 26.6 Å². The lowest BCUT2D eigenvalue weighted by Gasteiger charge is -2.18. The van der Waals surface area contributed by atoms with E-state index in [9.17, 15) is 31.5 Å². The van der Waals surface area contributed by atoms with E-state index in [2.05, 4.69) is 4.98 Å². The normalized spacial score (nSPS) is 11.0. The number of hydrogen-bond donors (Lipinski definition) is 2. The van der Waals surface area contributed by atoms with Gasteiger partial charge in [0.05, 0.1) is 37.5 Å². The zero-order valence-electron chi connectivity index (χ0n) is 24.1. The van der Waals surface area contributed by atoms with Crippen molar-refractivity contribution >= 4 is 22.8 Å². The van der Waals surface area contributed by atoms with Crippen LogP contribution in [0.4, 0.5) is 22.0 Å². The Balaban J connectivity index is 0.000000297. The van der Waals surface area contributed by atoms with Crippen molar-refractivity contribution in [3.8, 4) is 22.6 Å². The van der Waals surface area contributed by atoms with Crippen molar-refractivity contribution < 1.29 is 50.9 Å². The Morgan fingerprint density at radius 1 is 0.977 bits per heavy atom. The lowest BCUT2D eigenvalue weighted by Crippen LogP contribution is -2.30. The topological polar surface area (TPSA) is 107 Å². The quantitative estimate of drug-likeness (QED) is 0.204. The molecule has 4 aromatic rings. The predicted octanol–water partition coefficient (Wildman–Crippen LogP) is 6.56. The Morgan fingerprint density at radius 3 is 2.11 bits per heavy atom. The first-order valence-corrected chi connectivity index (χ1v) is 13.1. The number of carbonyl (C=O) groups excluding carboxylic acids is 1. The molecule has 0 aliphatic carbocycles. The summed E-state index contributed by atoms with van der Waals surface area (Å²) < 4.78 is 82.1. The first kappa shape index (κ1) is 33.7. The summed E-state index contributed by atoms with van der Waals surface area (Å²) in [7, 11) is 3.07. The van der Waals surface area contributed by atoms with E-state index in [1.807, 2.05) is 30.4 Å². The molecular formula is C31H29F5N2O6. The standard InChI is InChI=1S/C22H22F3NO3.C9H7F2NO3/c1-5-29-12-14-8-18(27-3)20(19(9-14)28-4)16-7-6-13(2)17-10-15(22(23,24)25)11-26-21(16)17;10-5-2-1-3-6(11)8(5)9(15)12-4-7(13)14/h6-11H,5,12H2,1-4H3;1-3H,4H2,(H,12,15)(H,13,14). The van der Waals surface area contributed by atoms with Crippen LogP contribution in [0.5, 0.6) is 11.5 Å². The van der Waals surface area contributed by atoms with Gasteiger partial charge in [-0.2, -0.15) is 13.2 Å². The van der Waals surface area contributed by atoms with E-state index >= 15 is 0 Å². The Hall–Kier alpha value is -4.78. The second kappa shape index (κ2) is 14.6. The van der Waals surface area contributed by atoms with Gasteiger partial charge < -0.3 is 24.6 Å². The second-order valence-electron chi connectivity index (χ2n) is 9.23. The number of ether oxygens (including phenoxy) is 3. The molecule has 0 bridgehead atoms. The average Bonchev–Trinajstić information content (AvgIpc) is 2.98. The molecule has 0 atom stereocenters. The fraction of sp³-hybridized carbons (Fsp3) is 0.258. The zero-order chi connectivity index (χ0) is 32.6. The molecule has 0 saturated heterocycles. The number of carbonyl (C=O) groups is 2. The Morgan fingerprint density at radius 2 is 1.59 bits per heavy atom. The van der Waals surface area contributed by atoms with Crippen LogP contribution in [-0.2, 0) is 22.3 Å². The molecule has 8 nitrogen and oxygen atoms in total. The van der Waals surface area contributed by atoms with Crippen LogP contribution in [0.1, 0.15) is 34.0 Å². The molecule has 2 N–H and O–H groups in total. The minimum Gasteiger partial charge on any atom is -0.496 e. The monoisotopic (exact) mass is 620 g/mol. The molecule has 0 aliphatic heterocycles. The first-order chi connectivity index (χ1) is 20.8. The molecule has 0 unspecified atom stereocenters. The van der Waals surface area contributed by atoms with Crippen LogP contribution in [0.2, 0.25) is 0 Å². The van der Waals surface area contributed by atoms with Gasteiger partial charge in [0.25, 0.3) is 5.91 Å². The molecule has 0 aliphatic rings. The van der Waals surface area contributed by atoms with Crippen LogP contribution < -0.4 is 14.8 Å². The molecule has 0 radical (unpaired) electrons. The van der Waals surface area contributed by atoms with Gasteiger partial charge in [-0.15, -0.1) is 0 Å². The number of carboxylic acid groups (broad SMARTS) is 1. The number of fused-ring (bicyclic) bond motifs is 1. The highest BCUT2D eigenvalue weighted by Crippen LogP contribution is 2.43. The second-order valence-corrected chi connectivity index (χ2v) is 9.23. The third-order valence-corrected chi connectivity index (χ3v) is 6.29. The van der Waals surface area contributed by atoms with Gasteiger partial charge in [-0.1, -0.05) is 18.2 Å². The highest BCUT2D eigenvalue weighted by molar-refractivity contribution is 5.99. The van der Waals surface area contributed by atoms with Crippen molar-refractivity contribution in [1.82, 2.24) is 10.3 Å². The maximum absolute atomic E-state index is 13.2. The number of aromatic nitrogens is 1. The molecule has 234 valence electrons. The Bertz CT molecular complexity index is 1610. The average molecular weight is 621 g/mol. The lowest BCUT2D eigenvalue weighted by molar-refractivity contribution is -0.138. The van der Waals surface area contributed by atoms with Gasteiger partial charge in [-0.05, 0) is 55.3 Å². The molecule has 13 heteroatoms. The molecule has 4 rings (SSSR count). The number of hydrogen-bond acceptors (Lipinski definition) is 6. The largest absolute Gasteiger partial charge is 0.496 e. The van der Waals surface area contributed by atoms with Crippen molar-refractivity contribution in [3.63, 3.8) is 0 Å². The smallest absolute Gasteiger partial charge is 0.417 e. The third-order valence-electron chi connectivity index (χ3n) is 6.29. The first-order valence-electron chi connectivity index (χ1n) is 13.1. The minimum absolute atomic E-state index is 0.394. The van der Waals surface area contributed by atoms with E-state index in [1.54, 1.807) is 13.0 Å². The van der Waals surface area contributed by atoms with Gasteiger partial charge in [-0.25, -0.2) is 8.78 Å². The molecule has 1 heterocycles. The van der Waals surface area contributed by atoms with Crippen LogP contribution in [0.3, 0.4) is 0 Å². The summed E-state index contributed by atoms with van der Waals surface area (Å²) in [6.07, 6.45) is -3.60. The third kappa shape index (κ3) is 7.98. The van der Waals surface area contributed by atoms with Crippen molar-refractivity contribution in [2.75, 3.05) is 27.4 Å². The van der Waals surface area contributed by atoms with E-state index in [0.29, 0.717) is 52.3 Å². The number of nitrogens with one attached hydrogen (secondary N) is 1. The summed E-state index contributed by atoms with van der Waals surface area (Å²) in [5, 5.41) is 10.5. The van der Waals surface area contributed by atoms with Gasteiger partial charge in [0.15, 0.2) is 0 Å². The molecule has 3 aromatic carbocycles. The van der Waals surface area contributed by atoms with Gasteiger partial charge in [0.1, 0.15) is 35.2 Å². The van der Waals surface area contributed by atoms with Crippen molar-refractivity contribution in [3.05, 3.63) is 88.6 Å². The number of benzene rings is 3. The van der Waals surface area contributed by atoms with E-state index in [4.69, 9.17) is 19.3 Å². The number of nitrogens with zero attached hydrogens (tertiary/aromatic N) is 1. The van der Waals surface area contributed by atoms with Gasteiger partial charge >= 0.3 is 12.1 Å². The summed E-state index contributed by atoms with van der Waals surface area (Å²) in [6.45, 7) is 3.94. The molecule has 0 spiro atoms. The number of amides is 1. The van der Waals surface area contributed by atoms with Crippen LogP contribution in [-0.4, -0.2) is 49.3 Å². The van der Waals surface area contributed by atoms with E-state index < -0.39 is 47.4 Å². The number of alkyl halides is 3. The fourth-order valence-corrected chi connectivity index (χ4v) is 4.21. The molecular weight excluding hydrogens is 591 g/mol. The summed E-state index contributed by atoms with van der Waals surface area (Å²) in [5.41, 5.74) is 1.73. The minimum atomic E-state index is -4.46. The van der Waals surface area contributed by atoms with Crippen LogP contribution in [0.25, 0.3) is 22.0 Å². The number of pyridine rings is 1. The summed E-state index contributed by atoms with van der Waals surface area (Å²) >= 11 is 0. The van der Waals surface area contributed by atoms with Crippen LogP contribution in [0, 0.1) is 18.6 Å². The number of carboxylic acids is 1. The molecule has 1 amide bonds. The van der Waals surface area contributed by atoms with Gasteiger partial charge in [-0.3, -0.25) is 14.6 Å². The lowest BCUT2D eigenvalue weighted by atomic mass is 9.95. The Kier molecular flexibility index (Phi) is 11.2. The number of aliphatic carboxylic acids is 1. The number of methoxy groups -OCH3 is 2. The highest BCUT2D eigenvalue weighted by Gasteiger charge is 2.31. The van der Waals surface area contributed by atoms with Crippen LogP contribution in [0.15, 0.2) is 54.7 Å². The molecule has 0 fully saturated rings. The maximum Gasteiger partial charge on any atom is 0.417 e. The Labute approximate surface area is 249 Å². The zero-order valence-corrected chi connectivity index (χ0v) is 24.1. The van der Waals surface area contributed by atoms with Crippen molar-refractivity contribution in [1.29, 1.82) is 0 Å². The SMILES string of the molecule is CCOCc1cc(OC)c(-c2ccc(C)c3cc(C(F)(F)F)cnc23)c(OC)c1.O=C(O)CNC(=O)c1c(F)cccc1F. The van der Waals surface area contributed by atoms with Crippen LogP contribution >= 0.6 is 0 Å². The number of rotatable bonds is 9. The fourth-order valence-electron chi connectivity index (χ4n) is 4.21. The molecule has 0 saturated carbocycles. The number of aryl methyl sites for hydroxylation is 1. The summed E-state index contributed by atoms with van der Waals surface area (Å²) in [5.74, 6) is -3.37. The van der Waals surface area contributed by atoms with Gasteiger partial charge in [0, 0.05) is 23.8 Å². The van der Waals surface area contributed by atoms with E-state index in [0.717, 1.165) is 36.0 Å². The van der Waals surface area contributed by atoms with Crippen molar-refractivity contribution in [2.24, 2.45) is 0 Å². The summed E-state index contributed by atoms with van der Waals surface area (Å²) in [4.78, 5) is 25.4. The predicted molar refractivity (Wildman–Crippen MR) is 152 cm³/mol. The van der Waals surface area contributed by atoms with Gasteiger partial charge in [0.2, 0.25) is 0 Å². The van der Waals surface area contributed by atoms with E-state index in [-0.39, 0.29) is 0 Å². The molecule has 1 aromatic heterocycles. The molecule has 44 heavy (non-hydrogen) atoms. The van der Waals surface area contributed by atoms with E-state index in [1.165, 1.54) is 14.2 Å². The summed E-state index contributed by atoms with van der Waals surface area (Å²) in [6, 6.07) is 11.3. The maximum atomic E-state index is 13.2.